The quantitative estimate of drug-likeness (QED) is 0.304. The number of carbonyl (C=O) groups is 1. The second-order valence-electron chi connectivity index (χ2n) is 12.2. The number of aliphatic hydroxyl groups excluding tert-OH is 1. The van der Waals surface area contributed by atoms with Crippen LogP contribution in [-0.2, 0) is 4.79 Å². The lowest BCUT2D eigenvalue weighted by Crippen LogP contribution is -2.42. The zero-order valence-corrected chi connectivity index (χ0v) is 23.9. The van der Waals surface area contributed by atoms with Crippen molar-refractivity contribution in [2.45, 2.75) is 88.7 Å². The molecule has 1 amide bonds. The molecule has 0 saturated heterocycles. The molecule has 1 aromatic carbocycles. The highest BCUT2D eigenvalue weighted by Crippen LogP contribution is 2.47. The SMILES string of the molecule is COc1ncc([C@H]2CC[C@H](CC3(C(=O)Nc4cccc(-c5cnn(C6CC6)c5)c4)CCC(O)CC3)CC2)cc1Cl. The Labute approximate surface area is 241 Å². The average molecular weight is 563 g/mol. The fraction of sp³-hybridized carbons (Fsp3) is 0.531. The number of pyridine rings is 1. The molecular formula is C32H39ClN4O3. The van der Waals surface area contributed by atoms with Crippen LogP contribution in [0.25, 0.3) is 11.1 Å². The first-order valence-electron chi connectivity index (χ1n) is 14.8. The lowest BCUT2D eigenvalue weighted by molar-refractivity contribution is -0.130. The van der Waals surface area contributed by atoms with Crippen LogP contribution < -0.4 is 10.1 Å². The minimum atomic E-state index is -0.450. The molecule has 0 aliphatic heterocycles. The molecule has 6 rings (SSSR count). The van der Waals surface area contributed by atoms with Gasteiger partial charge < -0.3 is 15.2 Å². The summed E-state index contributed by atoms with van der Waals surface area (Å²) in [6.07, 6.45) is 15.9. The van der Waals surface area contributed by atoms with E-state index in [4.69, 9.17) is 16.3 Å². The van der Waals surface area contributed by atoms with Crippen molar-refractivity contribution in [3.05, 3.63) is 59.5 Å². The zero-order chi connectivity index (χ0) is 27.7. The van der Waals surface area contributed by atoms with E-state index in [-0.39, 0.29) is 12.0 Å². The van der Waals surface area contributed by atoms with Crippen molar-refractivity contribution in [1.29, 1.82) is 0 Å². The van der Waals surface area contributed by atoms with E-state index in [1.807, 2.05) is 30.6 Å². The van der Waals surface area contributed by atoms with E-state index in [0.717, 1.165) is 61.8 Å². The summed E-state index contributed by atoms with van der Waals surface area (Å²) < 4.78 is 7.26. The van der Waals surface area contributed by atoms with Gasteiger partial charge in [0.05, 0.1) is 25.5 Å². The molecule has 3 saturated carbocycles. The molecule has 0 bridgehead atoms. The van der Waals surface area contributed by atoms with Crippen LogP contribution >= 0.6 is 11.6 Å². The van der Waals surface area contributed by atoms with Crippen molar-refractivity contribution in [2.75, 3.05) is 12.4 Å². The van der Waals surface area contributed by atoms with Gasteiger partial charge in [-0.1, -0.05) is 23.7 Å². The maximum Gasteiger partial charge on any atom is 0.232 e. The number of anilines is 1. The van der Waals surface area contributed by atoms with Crippen LogP contribution in [0.4, 0.5) is 5.69 Å². The van der Waals surface area contributed by atoms with Crippen LogP contribution in [0, 0.1) is 11.3 Å². The van der Waals surface area contributed by atoms with E-state index >= 15 is 0 Å². The maximum absolute atomic E-state index is 14.0. The van der Waals surface area contributed by atoms with Crippen molar-refractivity contribution in [3.63, 3.8) is 0 Å². The molecule has 3 aliphatic rings. The van der Waals surface area contributed by atoms with E-state index in [2.05, 4.69) is 38.4 Å². The summed E-state index contributed by atoms with van der Waals surface area (Å²) >= 11 is 6.34. The third-order valence-corrected chi connectivity index (χ3v) is 9.66. The topological polar surface area (TPSA) is 89.3 Å². The van der Waals surface area contributed by atoms with Gasteiger partial charge >= 0.3 is 0 Å². The number of hydrogen-bond donors (Lipinski definition) is 2. The molecule has 2 aromatic heterocycles. The highest BCUT2D eigenvalue weighted by molar-refractivity contribution is 6.31. The Kier molecular flexibility index (Phi) is 7.87. The number of benzene rings is 1. The summed E-state index contributed by atoms with van der Waals surface area (Å²) in [6.45, 7) is 0. The molecule has 3 fully saturated rings. The number of ether oxygens (including phenoxy) is 1. The smallest absolute Gasteiger partial charge is 0.232 e. The number of methoxy groups -OCH3 is 1. The lowest BCUT2D eigenvalue weighted by Gasteiger charge is -2.41. The molecule has 3 aromatic rings. The van der Waals surface area contributed by atoms with Crippen LogP contribution in [0.2, 0.25) is 5.02 Å². The Bertz CT molecular complexity index is 1340. The van der Waals surface area contributed by atoms with Crippen LogP contribution in [0.1, 0.15) is 88.2 Å². The van der Waals surface area contributed by atoms with Gasteiger partial charge in [0.15, 0.2) is 0 Å². The van der Waals surface area contributed by atoms with E-state index in [1.165, 1.54) is 18.4 Å². The number of halogens is 1. The van der Waals surface area contributed by atoms with Crippen molar-refractivity contribution < 1.29 is 14.6 Å². The molecule has 2 heterocycles. The minimum absolute atomic E-state index is 0.0958. The third kappa shape index (κ3) is 5.91. The molecule has 2 N–H and O–H groups in total. The molecule has 0 atom stereocenters. The standard InChI is InChI=1S/C32H39ClN4O3/c1-40-30-29(33)16-24(18-34-30)22-7-5-21(6-8-22)17-32(13-11-28(38)12-14-32)31(39)36-26-4-2-3-23(15-26)25-19-35-37(20-25)27-9-10-27/h2-4,15-16,18-22,27-28,38H,5-14,17H2,1H3,(H,36,39)/t21-,22-,28?,32?. The number of hydrogen-bond acceptors (Lipinski definition) is 5. The van der Waals surface area contributed by atoms with Gasteiger partial charge in [-0.05, 0) is 112 Å². The number of aliphatic hydroxyl groups is 1. The van der Waals surface area contributed by atoms with Crippen LogP contribution in [0.5, 0.6) is 5.88 Å². The fourth-order valence-electron chi connectivity index (χ4n) is 6.81. The minimum Gasteiger partial charge on any atom is -0.480 e. The number of nitrogens with zero attached hydrogens (tertiary/aromatic N) is 3. The predicted octanol–water partition coefficient (Wildman–Crippen LogP) is 7.17. The second kappa shape index (κ2) is 11.5. The molecule has 8 heteroatoms. The molecule has 40 heavy (non-hydrogen) atoms. The van der Waals surface area contributed by atoms with E-state index in [0.29, 0.717) is 41.6 Å². The largest absolute Gasteiger partial charge is 0.480 e. The number of nitrogens with one attached hydrogen (secondary N) is 1. The fourth-order valence-corrected chi connectivity index (χ4v) is 7.06. The number of rotatable bonds is 8. The van der Waals surface area contributed by atoms with Crippen LogP contribution in [0.15, 0.2) is 48.9 Å². The average Bonchev–Trinajstić information content (AvgIpc) is 3.71. The van der Waals surface area contributed by atoms with E-state index in [1.54, 1.807) is 7.11 Å². The van der Waals surface area contributed by atoms with E-state index < -0.39 is 5.41 Å². The van der Waals surface area contributed by atoms with Gasteiger partial charge in [0.25, 0.3) is 0 Å². The first-order chi connectivity index (χ1) is 19.4. The summed E-state index contributed by atoms with van der Waals surface area (Å²) in [5.74, 6) is 1.47. The van der Waals surface area contributed by atoms with Gasteiger partial charge in [-0.15, -0.1) is 0 Å². The molecule has 212 valence electrons. The van der Waals surface area contributed by atoms with E-state index in [9.17, 15) is 9.90 Å². The first-order valence-corrected chi connectivity index (χ1v) is 15.1. The molecule has 0 unspecified atom stereocenters. The predicted molar refractivity (Wildman–Crippen MR) is 157 cm³/mol. The first kappa shape index (κ1) is 27.3. The van der Waals surface area contributed by atoms with Gasteiger partial charge in [-0.2, -0.15) is 5.10 Å². The molecule has 0 spiro atoms. The molecule has 0 radical (unpaired) electrons. The highest BCUT2D eigenvalue weighted by atomic mass is 35.5. The lowest BCUT2D eigenvalue weighted by atomic mass is 9.64. The van der Waals surface area contributed by atoms with Crippen molar-refractivity contribution in [2.24, 2.45) is 11.3 Å². The van der Waals surface area contributed by atoms with Crippen molar-refractivity contribution in [3.8, 4) is 17.0 Å². The third-order valence-electron chi connectivity index (χ3n) is 9.39. The number of aromatic nitrogens is 3. The van der Waals surface area contributed by atoms with Gasteiger partial charge in [0.1, 0.15) is 5.02 Å². The second-order valence-corrected chi connectivity index (χ2v) is 12.6. The molecule has 3 aliphatic carbocycles. The van der Waals surface area contributed by atoms with Gasteiger partial charge in [-0.3, -0.25) is 9.48 Å². The summed E-state index contributed by atoms with van der Waals surface area (Å²) in [5, 5.41) is 18.6. The van der Waals surface area contributed by atoms with Crippen molar-refractivity contribution in [1.82, 2.24) is 14.8 Å². The Morgan fingerprint density at radius 3 is 2.55 bits per heavy atom. The normalized spacial score (nSPS) is 26.8. The van der Waals surface area contributed by atoms with Crippen LogP contribution in [0.3, 0.4) is 0 Å². The highest BCUT2D eigenvalue weighted by Gasteiger charge is 2.43. The zero-order valence-electron chi connectivity index (χ0n) is 23.2. The number of amides is 1. The summed E-state index contributed by atoms with van der Waals surface area (Å²) in [6, 6.07) is 10.6. The number of carbonyl (C=O) groups excluding carboxylic acids is 1. The monoisotopic (exact) mass is 562 g/mol. The maximum atomic E-state index is 14.0. The summed E-state index contributed by atoms with van der Waals surface area (Å²) in [4.78, 5) is 18.3. The Morgan fingerprint density at radius 1 is 1.07 bits per heavy atom. The van der Waals surface area contributed by atoms with Crippen LogP contribution in [-0.4, -0.2) is 39.0 Å². The summed E-state index contributed by atoms with van der Waals surface area (Å²) in [5.41, 5.74) is 3.67. The van der Waals surface area contributed by atoms with Gasteiger partial charge in [0, 0.05) is 29.1 Å². The molecule has 7 nitrogen and oxygen atoms in total. The summed E-state index contributed by atoms with van der Waals surface area (Å²) in [7, 11) is 1.58. The Hall–Kier alpha value is -2.90. The van der Waals surface area contributed by atoms with Gasteiger partial charge in [0.2, 0.25) is 11.8 Å². The van der Waals surface area contributed by atoms with Crippen molar-refractivity contribution >= 4 is 23.2 Å². The Morgan fingerprint density at radius 2 is 1.85 bits per heavy atom. The Balaban J connectivity index is 1.13. The molecular weight excluding hydrogens is 524 g/mol. The van der Waals surface area contributed by atoms with Gasteiger partial charge in [-0.25, -0.2) is 4.98 Å².